The fourth-order valence-corrected chi connectivity index (χ4v) is 1.35. The van der Waals surface area contributed by atoms with E-state index in [1.54, 1.807) is 0 Å². The first-order chi connectivity index (χ1) is 13.8. The number of hydrogen-bond donors (Lipinski definition) is 6. The summed E-state index contributed by atoms with van der Waals surface area (Å²) in [4.78, 5) is 115. The van der Waals surface area contributed by atoms with Gasteiger partial charge in [-0.05, 0) is 0 Å². The Labute approximate surface area is 159 Å². The third-order valence-corrected chi connectivity index (χ3v) is 2.24. The molecule has 1 heterocycles. The number of nitrogens with zero attached hydrogens (tertiary/aromatic N) is 3. The van der Waals surface area contributed by atoms with Gasteiger partial charge in [-0.25, -0.2) is 59.1 Å². The predicted molar refractivity (Wildman–Crippen MR) is 83.3 cm³/mol. The number of nitrogens with one attached hydrogen (secondary N) is 3. The maximum atomic E-state index is 12.1. The summed E-state index contributed by atoms with van der Waals surface area (Å²) < 4.78 is -1.97. The second-order valence-corrected chi connectivity index (χ2v) is 4.33. The van der Waals surface area contributed by atoms with Crippen LogP contribution in [-0.4, -0.2) is 50.6 Å². The quantitative estimate of drug-likeness (QED) is 0.258. The van der Waals surface area contributed by atoms with Gasteiger partial charge in [-0.3, -0.25) is 0 Å². The van der Waals surface area contributed by atoms with Gasteiger partial charge in [-0.15, -0.1) is 0 Å². The van der Waals surface area contributed by atoms with E-state index in [2.05, 4.69) is 31.7 Å². The van der Waals surface area contributed by atoms with Gasteiger partial charge in [0.1, 0.15) is 0 Å². The molecule has 21 nitrogen and oxygen atoms in total. The van der Waals surface area contributed by atoms with E-state index in [0.717, 1.165) is 0 Å². The number of carbonyl (C=O) groups is 6. The van der Waals surface area contributed by atoms with Gasteiger partial charge < -0.3 is 31.7 Å². The van der Waals surface area contributed by atoms with Crippen molar-refractivity contribution in [1.29, 1.82) is 0 Å². The van der Waals surface area contributed by atoms with E-state index < -0.39 is 67.6 Å². The zero-order chi connectivity index (χ0) is 23.2. The second kappa shape index (κ2) is 9.02. The van der Waals surface area contributed by atoms with Crippen LogP contribution in [0.4, 0.5) is 28.8 Å². The first-order valence-electron chi connectivity index (χ1n) is 6.70. The molecular formula is C9H9N9O12. The lowest BCUT2D eigenvalue weighted by Crippen LogP contribution is -2.63. The Kier molecular flexibility index (Phi) is 6.82. The molecule has 1 rings (SSSR count). The van der Waals surface area contributed by atoms with Crippen molar-refractivity contribution < 1.29 is 43.3 Å². The van der Waals surface area contributed by atoms with Crippen molar-refractivity contribution in [3.63, 3.8) is 0 Å². The lowest BCUT2D eigenvalue weighted by atomic mass is 10.9. The molecule has 162 valence electrons. The molecule has 0 fully saturated rings. The summed E-state index contributed by atoms with van der Waals surface area (Å²) in [5.41, 5.74) is 7.75. The first-order valence-corrected chi connectivity index (χ1v) is 6.70. The molecule has 0 aliphatic rings. The summed E-state index contributed by atoms with van der Waals surface area (Å²) in [6, 6.07) is -4.51. The van der Waals surface area contributed by atoms with Crippen LogP contribution in [0.2, 0.25) is 0 Å². The van der Waals surface area contributed by atoms with Gasteiger partial charge in [-0.1, -0.05) is 14.2 Å². The van der Waals surface area contributed by atoms with Crippen LogP contribution in [0.1, 0.15) is 0 Å². The van der Waals surface area contributed by atoms with Gasteiger partial charge in [0, 0.05) is 0 Å². The van der Waals surface area contributed by atoms with E-state index in [0.29, 0.717) is 0 Å². The van der Waals surface area contributed by atoms with Crippen molar-refractivity contribution in [3.05, 3.63) is 31.5 Å². The van der Waals surface area contributed by atoms with Crippen LogP contribution < -0.4 is 64.7 Å². The van der Waals surface area contributed by atoms with Gasteiger partial charge >= 0.3 is 53.4 Å². The molecule has 0 aliphatic heterocycles. The second-order valence-electron chi connectivity index (χ2n) is 4.33. The number of primary amides is 3. The van der Waals surface area contributed by atoms with Crippen LogP contribution in [0, 0.1) is 0 Å². The fraction of sp³-hybridized carbons (Fsp3) is 0. The molecule has 0 aliphatic carbocycles. The van der Waals surface area contributed by atoms with E-state index >= 15 is 0 Å². The summed E-state index contributed by atoms with van der Waals surface area (Å²) in [7, 11) is 0. The maximum absolute atomic E-state index is 12.1. The third kappa shape index (κ3) is 5.83. The number of carbonyl (C=O) groups excluding carboxylic acids is 6. The number of rotatable bonds is 3. The minimum Gasteiger partial charge on any atom is -0.351 e. The topological polar surface area (TPSA) is 310 Å². The van der Waals surface area contributed by atoms with Crippen molar-refractivity contribution in [3.8, 4) is 0 Å². The van der Waals surface area contributed by atoms with Gasteiger partial charge in [0.05, 0.1) is 0 Å². The zero-order valence-corrected chi connectivity index (χ0v) is 14.0. The molecule has 0 atom stereocenters. The van der Waals surface area contributed by atoms with Gasteiger partial charge in [0.25, 0.3) is 0 Å². The molecular weight excluding hydrogens is 426 g/mol. The van der Waals surface area contributed by atoms with E-state index in [-0.39, 0.29) is 0 Å². The van der Waals surface area contributed by atoms with Crippen molar-refractivity contribution in [2.75, 3.05) is 0 Å². The van der Waals surface area contributed by atoms with Crippen LogP contribution in [0.3, 0.4) is 0 Å². The van der Waals surface area contributed by atoms with Gasteiger partial charge in [0.15, 0.2) is 0 Å². The minimum atomic E-state index is -2.03. The SMILES string of the molecule is NC(=O)NC(=O)On1c(=O)n(OC(=O)NC(N)=O)c(=O)n(OC(=O)NC(N)=O)c1=O. The molecule has 1 aromatic heterocycles. The molecule has 1 aromatic rings. The van der Waals surface area contributed by atoms with Crippen molar-refractivity contribution in [2.45, 2.75) is 0 Å². The summed E-state index contributed by atoms with van der Waals surface area (Å²) in [6.07, 6.45) is -5.58. The highest BCUT2D eigenvalue weighted by Crippen LogP contribution is 1.76. The van der Waals surface area contributed by atoms with E-state index in [9.17, 15) is 43.2 Å². The molecule has 0 unspecified atom stereocenters. The highest BCUT2D eigenvalue weighted by molar-refractivity contribution is 5.90. The molecule has 30 heavy (non-hydrogen) atoms. The summed E-state index contributed by atoms with van der Waals surface area (Å²) in [6.45, 7) is 0. The number of urea groups is 3. The Balaban J connectivity index is 3.57. The average molecular weight is 435 g/mol. The van der Waals surface area contributed by atoms with Gasteiger partial charge in [0.2, 0.25) is 0 Å². The Morgan fingerprint density at radius 1 is 0.533 bits per heavy atom. The van der Waals surface area contributed by atoms with Crippen molar-refractivity contribution >= 4 is 36.4 Å². The standard InChI is InChI=1S/C9H9N9O12/c10-1(19)13-4(22)28-16-7(25)17(29-5(23)14-2(11)20)9(27)18(8(16)26)30-6(24)15-3(12)21/h(H3,10,13,19,22)(H3,11,14,20,23)(H3,12,15,21,24). The molecule has 9 amide bonds. The monoisotopic (exact) mass is 435 g/mol. The van der Waals surface area contributed by atoms with Crippen molar-refractivity contribution in [1.82, 2.24) is 30.1 Å². The molecule has 0 bridgehead atoms. The lowest BCUT2D eigenvalue weighted by Gasteiger charge is -2.11. The first kappa shape index (κ1) is 22.7. The fourth-order valence-electron chi connectivity index (χ4n) is 1.35. The Morgan fingerprint density at radius 2 is 0.733 bits per heavy atom. The zero-order valence-electron chi connectivity index (χ0n) is 14.0. The Bertz CT molecular complexity index is 941. The number of hydrogen-bond acceptors (Lipinski definition) is 12. The average Bonchev–Trinajstić information content (AvgIpc) is 2.57. The van der Waals surface area contributed by atoms with Gasteiger partial charge in [-0.2, -0.15) is 0 Å². The largest absolute Gasteiger partial charge is 0.440 e. The van der Waals surface area contributed by atoms with Crippen molar-refractivity contribution in [2.24, 2.45) is 17.2 Å². The number of imide groups is 3. The normalized spacial score (nSPS) is 9.60. The molecule has 0 aromatic carbocycles. The van der Waals surface area contributed by atoms with Crippen LogP contribution in [0.5, 0.6) is 0 Å². The summed E-state index contributed by atoms with van der Waals surface area (Å²) in [5, 5.41) is 3.76. The van der Waals surface area contributed by atoms with Crippen LogP contribution in [0.25, 0.3) is 0 Å². The molecule has 21 heteroatoms. The highest BCUT2D eigenvalue weighted by atomic mass is 16.8. The molecule has 0 spiro atoms. The smallest absolute Gasteiger partial charge is 0.351 e. The maximum Gasteiger partial charge on any atom is 0.440 e. The van der Waals surface area contributed by atoms with E-state index in [1.165, 1.54) is 16.0 Å². The van der Waals surface area contributed by atoms with Crippen LogP contribution in [-0.2, 0) is 0 Å². The number of amides is 9. The van der Waals surface area contributed by atoms with Crippen LogP contribution >= 0.6 is 0 Å². The summed E-state index contributed by atoms with van der Waals surface area (Å²) in [5.74, 6) is 0. The predicted octanol–water partition coefficient (Wildman–Crippen LogP) is -6.18. The lowest BCUT2D eigenvalue weighted by molar-refractivity contribution is 0.0458. The molecule has 0 radical (unpaired) electrons. The number of nitrogens with two attached hydrogens (primary N) is 3. The third-order valence-electron chi connectivity index (χ3n) is 2.24. The Morgan fingerprint density at radius 3 is 0.900 bits per heavy atom. The number of aromatic nitrogens is 3. The molecule has 0 saturated heterocycles. The minimum absolute atomic E-state index is 0.658. The molecule has 0 saturated carbocycles. The van der Waals surface area contributed by atoms with E-state index in [4.69, 9.17) is 0 Å². The highest BCUT2D eigenvalue weighted by Gasteiger charge is 2.25. The molecule has 9 N–H and O–H groups in total. The Hall–Kier alpha value is -5.37. The summed E-state index contributed by atoms with van der Waals surface area (Å²) >= 11 is 0. The van der Waals surface area contributed by atoms with E-state index in [1.807, 2.05) is 0 Å². The van der Waals surface area contributed by atoms with Crippen LogP contribution in [0.15, 0.2) is 14.4 Å².